The molecule has 0 aromatic heterocycles. The normalized spacial score (nSPS) is 18.5. The van der Waals surface area contributed by atoms with E-state index in [0.29, 0.717) is 18.3 Å². The van der Waals surface area contributed by atoms with Crippen LogP contribution in [-0.4, -0.2) is 35.3 Å². The highest BCUT2D eigenvalue weighted by molar-refractivity contribution is 6.62. The highest BCUT2D eigenvalue weighted by Gasteiger charge is 2.51. The van der Waals surface area contributed by atoms with Gasteiger partial charge >= 0.3 is 13.1 Å². The van der Waals surface area contributed by atoms with Crippen molar-refractivity contribution in [1.82, 2.24) is 0 Å². The molecule has 1 fully saturated rings. The van der Waals surface area contributed by atoms with E-state index in [-0.39, 0.29) is 17.2 Å². The van der Waals surface area contributed by atoms with Gasteiger partial charge in [-0.05, 0) is 51.7 Å². The summed E-state index contributed by atoms with van der Waals surface area (Å²) in [7, 11) is -0.645. The summed E-state index contributed by atoms with van der Waals surface area (Å²) in [6.07, 6.45) is 1.04. The van der Waals surface area contributed by atoms with Gasteiger partial charge in [0.2, 0.25) is 5.91 Å². The Morgan fingerprint density at radius 3 is 2.25 bits per heavy atom. The molecule has 130 valence electrons. The number of carboxylic acid groups (broad SMARTS) is 1. The fraction of sp³-hybridized carbons (Fsp3) is 0.529. The molecular formula is C17H24BNO5. The molecule has 0 unspecified atom stereocenters. The lowest BCUT2D eigenvalue weighted by atomic mass is 9.78. The highest BCUT2D eigenvalue weighted by Crippen LogP contribution is 2.36. The van der Waals surface area contributed by atoms with Crippen molar-refractivity contribution in [3.05, 3.63) is 23.8 Å². The smallest absolute Gasteiger partial charge is 0.478 e. The number of hydrogen-bond donors (Lipinski definition) is 2. The van der Waals surface area contributed by atoms with Crippen molar-refractivity contribution in [3.8, 4) is 0 Å². The largest absolute Gasteiger partial charge is 0.494 e. The lowest BCUT2D eigenvalue weighted by molar-refractivity contribution is -0.116. The van der Waals surface area contributed by atoms with E-state index in [1.165, 1.54) is 6.07 Å². The van der Waals surface area contributed by atoms with Crippen LogP contribution in [0.5, 0.6) is 0 Å². The SMILES string of the molecule is CCCC(=O)Nc1ccc(B2OC(C)(C)C(C)(C)O2)cc1C(=O)O. The van der Waals surface area contributed by atoms with Crippen LogP contribution in [0.4, 0.5) is 5.69 Å². The van der Waals surface area contributed by atoms with Crippen molar-refractivity contribution in [1.29, 1.82) is 0 Å². The minimum absolute atomic E-state index is 0.0201. The maximum atomic E-state index is 11.7. The van der Waals surface area contributed by atoms with Gasteiger partial charge in [-0.3, -0.25) is 4.79 Å². The maximum absolute atomic E-state index is 11.7. The van der Waals surface area contributed by atoms with Crippen LogP contribution in [0, 0.1) is 0 Å². The van der Waals surface area contributed by atoms with Gasteiger partial charge in [-0.2, -0.15) is 0 Å². The van der Waals surface area contributed by atoms with E-state index in [1.807, 2.05) is 34.6 Å². The van der Waals surface area contributed by atoms with Gasteiger partial charge in [-0.25, -0.2) is 4.79 Å². The van der Waals surface area contributed by atoms with Gasteiger partial charge in [0, 0.05) is 6.42 Å². The van der Waals surface area contributed by atoms with Crippen LogP contribution in [0.2, 0.25) is 0 Å². The second-order valence-corrected chi connectivity index (χ2v) is 7.00. The quantitative estimate of drug-likeness (QED) is 0.809. The number of nitrogens with one attached hydrogen (secondary N) is 1. The molecule has 0 bridgehead atoms. The summed E-state index contributed by atoms with van der Waals surface area (Å²) < 4.78 is 11.9. The van der Waals surface area contributed by atoms with Crippen LogP contribution >= 0.6 is 0 Å². The van der Waals surface area contributed by atoms with Crippen LogP contribution in [0.3, 0.4) is 0 Å². The predicted octanol–water partition coefficient (Wildman–Crippen LogP) is 2.42. The number of carboxylic acids is 1. The molecule has 1 aliphatic rings. The number of aromatic carboxylic acids is 1. The van der Waals surface area contributed by atoms with Crippen molar-refractivity contribution in [2.75, 3.05) is 5.32 Å². The third-order valence-corrected chi connectivity index (χ3v) is 4.55. The topological polar surface area (TPSA) is 84.9 Å². The molecule has 7 heteroatoms. The first-order valence-electron chi connectivity index (χ1n) is 8.10. The second kappa shape index (κ2) is 6.57. The third-order valence-electron chi connectivity index (χ3n) is 4.55. The molecule has 1 heterocycles. The number of amides is 1. The Bertz CT molecular complexity index is 640. The average Bonchev–Trinajstić information content (AvgIpc) is 2.67. The summed E-state index contributed by atoms with van der Waals surface area (Å²) in [5, 5.41) is 12.1. The molecule has 6 nitrogen and oxygen atoms in total. The molecule has 24 heavy (non-hydrogen) atoms. The first-order chi connectivity index (χ1) is 11.1. The molecule has 1 aromatic rings. The number of anilines is 1. The lowest BCUT2D eigenvalue weighted by Crippen LogP contribution is -2.41. The third kappa shape index (κ3) is 3.62. The first kappa shape index (κ1) is 18.5. The summed E-state index contributed by atoms with van der Waals surface area (Å²) in [5.74, 6) is -1.32. The van der Waals surface area contributed by atoms with Crippen LogP contribution in [0.15, 0.2) is 18.2 Å². The van der Waals surface area contributed by atoms with Crippen LogP contribution in [0.1, 0.15) is 57.8 Å². The zero-order valence-electron chi connectivity index (χ0n) is 14.8. The molecule has 2 rings (SSSR count). The van der Waals surface area contributed by atoms with Crippen LogP contribution in [-0.2, 0) is 14.1 Å². The molecular weight excluding hydrogens is 309 g/mol. The standard InChI is InChI=1S/C17H24BNO5/c1-6-7-14(20)19-13-9-8-11(10-12(13)15(21)22)18-23-16(2,3)17(4,5)24-18/h8-10H,6-7H2,1-5H3,(H,19,20)(H,21,22). The van der Waals surface area contributed by atoms with E-state index in [0.717, 1.165) is 0 Å². The number of benzene rings is 1. The lowest BCUT2D eigenvalue weighted by Gasteiger charge is -2.32. The Labute approximate surface area is 142 Å². The zero-order chi connectivity index (χ0) is 18.1. The molecule has 0 aliphatic carbocycles. The molecule has 1 saturated heterocycles. The fourth-order valence-corrected chi connectivity index (χ4v) is 2.41. The van der Waals surface area contributed by atoms with Crippen molar-refractivity contribution >= 4 is 30.1 Å². The summed E-state index contributed by atoms with van der Waals surface area (Å²) in [6, 6.07) is 4.79. The Morgan fingerprint density at radius 1 is 1.17 bits per heavy atom. The van der Waals surface area contributed by atoms with Gasteiger partial charge < -0.3 is 19.7 Å². The van der Waals surface area contributed by atoms with Crippen molar-refractivity contribution in [3.63, 3.8) is 0 Å². The van der Waals surface area contributed by atoms with Crippen molar-refractivity contribution in [2.45, 2.75) is 58.7 Å². The van der Waals surface area contributed by atoms with E-state index < -0.39 is 24.3 Å². The average molecular weight is 333 g/mol. The Morgan fingerprint density at radius 2 is 1.75 bits per heavy atom. The minimum Gasteiger partial charge on any atom is -0.478 e. The Balaban J connectivity index is 2.30. The van der Waals surface area contributed by atoms with Gasteiger partial charge in [-0.15, -0.1) is 0 Å². The minimum atomic E-state index is -1.11. The number of rotatable bonds is 5. The number of hydrogen-bond acceptors (Lipinski definition) is 4. The van der Waals surface area contributed by atoms with E-state index in [9.17, 15) is 14.7 Å². The highest BCUT2D eigenvalue weighted by atomic mass is 16.7. The molecule has 0 radical (unpaired) electrons. The van der Waals surface area contributed by atoms with Gasteiger partial charge in [-0.1, -0.05) is 13.0 Å². The summed E-state index contributed by atoms with van der Waals surface area (Å²) >= 11 is 0. The maximum Gasteiger partial charge on any atom is 0.494 e. The molecule has 2 N–H and O–H groups in total. The van der Waals surface area contributed by atoms with Crippen LogP contribution in [0.25, 0.3) is 0 Å². The predicted molar refractivity (Wildman–Crippen MR) is 92.7 cm³/mol. The number of carbonyl (C=O) groups is 2. The van der Waals surface area contributed by atoms with Crippen molar-refractivity contribution < 1.29 is 24.0 Å². The molecule has 1 aliphatic heterocycles. The number of carbonyl (C=O) groups excluding carboxylic acids is 1. The molecule has 0 spiro atoms. The van der Waals surface area contributed by atoms with Gasteiger partial charge in [0.1, 0.15) is 0 Å². The summed E-state index contributed by atoms with van der Waals surface area (Å²) in [6.45, 7) is 9.63. The molecule has 1 aromatic carbocycles. The van der Waals surface area contributed by atoms with E-state index in [2.05, 4.69) is 5.32 Å². The Hall–Kier alpha value is -1.86. The van der Waals surface area contributed by atoms with E-state index in [1.54, 1.807) is 12.1 Å². The summed E-state index contributed by atoms with van der Waals surface area (Å²) in [5.41, 5.74) is -0.100. The van der Waals surface area contributed by atoms with E-state index in [4.69, 9.17) is 9.31 Å². The van der Waals surface area contributed by atoms with Crippen molar-refractivity contribution in [2.24, 2.45) is 0 Å². The van der Waals surface area contributed by atoms with E-state index >= 15 is 0 Å². The van der Waals surface area contributed by atoms with Gasteiger partial charge in [0.15, 0.2) is 0 Å². The second-order valence-electron chi connectivity index (χ2n) is 7.00. The summed E-state index contributed by atoms with van der Waals surface area (Å²) in [4.78, 5) is 23.3. The Kier molecular flexibility index (Phi) is 5.06. The monoisotopic (exact) mass is 333 g/mol. The zero-order valence-corrected chi connectivity index (χ0v) is 14.8. The molecule has 0 saturated carbocycles. The van der Waals surface area contributed by atoms with Gasteiger partial charge in [0.25, 0.3) is 0 Å². The van der Waals surface area contributed by atoms with Crippen LogP contribution < -0.4 is 10.8 Å². The fourth-order valence-electron chi connectivity index (χ4n) is 2.41. The van der Waals surface area contributed by atoms with Gasteiger partial charge in [0.05, 0.1) is 22.5 Å². The first-order valence-corrected chi connectivity index (χ1v) is 8.10. The molecule has 1 amide bonds. The molecule has 0 atom stereocenters.